The lowest BCUT2D eigenvalue weighted by Crippen LogP contribution is -2.12. The molecule has 1 amide bonds. The molecule has 2 rings (SSSR count). The Morgan fingerprint density at radius 2 is 2.18 bits per heavy atom. The van der Waals surface area contributed by atoms with E-state index in [4.69, 9.17) is 27.6 Å². The summed E-state index contributed by atoms with van der Waals surface area (Å²) in [6.07, 6.45) is 1.47. The molecule has 0 aliphatic carbocycles. The Morgan fingerprint density at radius 1 is 1.41 bits per heavy atom. The lowest BCUT2D eigenvalue weighted by molar-refractivity contribution is 0.0989. The lowest BCUT2D eigenvalue weighted by Gasteiger charge is -2.05. The van der Waals surface area contributed by atoms with Gasteiger partial charge in [0.2, 0.25) is 0 Å². The molecule has 4 nitrogen and oxygen atoms in total. The summed E-state index contributed by atoms with van der Waals surface area (Å²) in [4.78, 5) is 15.5. The lowest BCUT2D eigenvalue weighted by atomic mass is 10.3. The van der Waals surface area contributed by atoms with Gasteiger partial charge in [-0.1, -0.05) is 29.3 Å². The predicted octanol–water partition coefficient (Wildman–Crippen LogP) is 3.54. The van der Waals surface area contributed by atoms with E-state index in [0.29, 0.717) is 16.5 Å². The van der Waals surface area contributed by atoms with Crippen LogP contribution in [0.4, 0.5) is 5.69 Å². The molecule has 1 N–H and O–H groups in total. The van der Waals surface area contributed by atoms with E-state index in [1.54, 1.807) is 25.1 Å². The average Bonchev–Trinajstić information content (AvgIpc) is 2.72. The van der Waals surface area contributed by atoms with Crippen molar-refractivity contribution in [3.05, 3.63) is 46.1 Å². The van der Waals surface area contributed by atoms with Crippen molar-refractivity contribution in [2.24, 2.45) is 0 Å². The summed E-state index contributed by atoms with van der Waals surface area (Å²) < 4.78 is 5.09. The van der Waals surface area contributed by atoms with Gasteiger partial charge < -0.3 is 9.73 Å². The van der Waals surface area contributed by atoms with E-state index in [9.17, 15) is 4.79 Å². The van der Waals surface area contributed by atoms with Crippen molar-refractivity contribution in [3.63, 3.8) is 0 Å². The summed E-state index contributed by atoms with van der Waals surface area (Å²) in [7, 11) is 0. The third kappa shape index (κ3) is 2.60. The summed E-state index contributed by atoms with van der Waals surface area (Å²) in [5.41, 5.74) is 0.417. The number of carbonyl (C=O) groups is 1. The molecule has 0 radical (unpaired) electrons. The largest absolute Gasteiger partial charge is 0.438 e. The quantitative estimate of drug-likeness (QED) is 0.908. The minimum Gasteiger partial charge on any atom is -0.438 e. The standard InChI is InChI=1S/C11H8Cl2N2O2/c1-6-5-14-11(17-6)10(16)15-8-4-2-3-7(12)9(8)13/h2-5H,1H3,(H,15,16). The maximum Gasteiger partial charge on any atom is 0.311 e. The van der Waals surface area contributed by atoms with Crippen molar-refractivity contribution >= 4 is 34.8 Å². The Morgan fingerprint density at radius 3 is 2.82 bits per heavy atom. The number of benzene rings is 1. The van der Waals surface area contributed by atoms with Gasteiger partial charge in [-0.25, -0.2) is 4.98 Å². The molecule has 0 bridgehead atoms. The molecule has 1 aromatic heterocycles. The van der Waals surface area contributed by atoms with Gasteiger partial charge in [-0.05, 0) is 19.1 Å². The molecule has 0 atom stereocenters. The number of aryl methyl sites for hydroxylation is 1. The van der Waals surface area contributed by atoms with Crippen LogP contribution < -0.4 is 5.32 Å². The number of nitrogens with zero attached hydrogens (tertiary/aromatic N) is 1. The molecule has 6 heteroatoms. The summed E-state index contributed by atoms with van der Waals surface area (Å²) in [6, 6.07) is 4.96. The molecule has 2 aromatic rings. The predicted molar refractivity (Wildman–Crippen MR) is 65.7 cm³/mol. The highest BCUT2D eigenvalue weighted by Crippen LogP contribution is 2.29. The van der Waals surface area contributed by atoms with Crippen molar-refractivity contribution in [1.29, 1.82) is 0 Å². The zero-order valence-electron chi connectivity index (χ0n) is 8.83. The molecular weight excluding hydrogens is 263 g/mol. The first-order valence-corrected chi connectivity index (χ1v) is 5.51. The van der Waals surface area contributed by atoms with Gasteiger partial charge in [-0.2, -0.15) is 0 Å². The number of hydrogen-bond acceptors (Lipinski definition) is 3. The molecule has 0 aliphatic heterocycles. The van der Waals surface area contributed by atoms with Crippen LogP contribution in [-0.2, 0) is 0 Å². The third-order valence-electron chi connectivity index (χ3n) is 2.02. The number of anilines is 1. The second-order valence-electron chi connectivity index (χ2n) is 3.33. The van der Waals surface area contributed by atoms with E-state index >= 15 is 0 Å². The number of amides is 1. The van der Waals surface area contributed by atoms with Gasteiger partial charge in [0.15, 0.2) is 0 Å². The van der Waals surface area contributed by atoms with Gasteiger partial charge >= 0.3 is 5.91 Å². The molecule has 0 saturated heterocycles. The molecule has 88 valence electrons. The van der Waals surface area contributed by atoms with Crippen LogP contribution in [0.25, 0.3) is 0 Å². The monoisotopic (exact) mass is 270 g/mol. The summed E-state index contributed by atoms with van der Waals surface area (Å²) in [5.74, 6) is 0.0770. The maximum absolute atomic E-state index is 11.7. The van der Waals surface area contributed by atoms with Crippen molar-refractivity contribution in [3.8, 4) is 0 Å². The fourth-order valence-corrected chi connectivity index (χ4v) is 1.58. The second kappa shape index (κ2) is 4.77. The van der Waals surface area contributed by atoms with Gasteiger partial charge in [0.1, 0.15) is 5.76 Å². The van der Waals surface area contributed by atoms with Crippen LogP contribution in [0, 0.1) is 6.92 Å². The second-order valence-corrected chi connectivity index (χ2v) is 4.12. The molecule has 17 heavy (non-hydrogen) atoms. The van der Waals surface area contributed by atoms with Crippen LogP contribution in [0.5, 0.6) is 0 Å². The molecule has 0 spiro atoms. The van der Waals surface area contributed by atoms with E-state index in [1.807, 2.05) is 0 Å². The van der Waals surface area contributed by atoms with E-state index < -0.39 is 5.91 Å². The van der Waals surface area contributed by atoms with Gasteiger partial charge in [0, 0.05) is 0 Å². The Hall–Kier alpha value is -1.52. The highest BCUT2D eigenvalue weighted by atomic mass is 35.5. The Balaban J connectivity index is 2.21. The Labute approximate surface area is 108 Å². The minimum atomic E-state index is -0.470. The number of rotatable bonds is 2. The number of halogens is 2. The van der Waals surface area contributed by atoms with E-state index in [1.165, 1.54) is 6.20 Å². The number of aromatic nitrogens is 1. The number of carbonyl (C=O) groups excluding carboxylic acids is 1. The fourth-order valence-electron chi connectivity index (χ4n) is 1.24. The van der Waals surface area contributed by atoms with E-state index in [-0.39, 0.29) is 10.9 Å². The fraction of sp³-hybridized carbons (Fsp3) is 0.0909. The van der Waals surface area contributed by atoms with Crippen LogP contribution in [0.1, 0.15) is 16.4 Å². The summed E-state index contributed by atoms with van der Waals surface area (Å²) >= 11 is 11.8. The van der Waals surface area contributed by atoms with Crippen molar-refractivity contribution in [2.45, 2.75) is 6.92 Å². The summed E-state index contributed by atoms with van der Waals surface area (Å²) in [5, 5.41) is 3.22. The zero-order chi connectivity index (χ0) is 12.4. The van der Waals surface area contributed by atoms with Gasteiger partial charge in [-0.3, -0.25) is 4.79 Å². The number of oxazole rings is 1. The molecule has 0 fully saturated rings. The van der Waals surface area contributed by atoms with Crippen molar-refractivity contribution in [2.75, 3.05) is 5.32 Å². The van der Waals surface area contributed by atoms with Gasteiger partial charge in [0.25, 0.3) is 5.89 Å². The SMILES string of the molecule is Cc1cnc(C(=O)Nc2cccc(Cl)c2Cl)o1. The van der Waals surface area contributed by atoms with Crippen molar-refractivity contribution < 1.29 is 9.21 Å². The first-order chi connectivity index (χ1) is 8.08. The smallest absolute Gasteiger partial charge is 0.311 e. The van der Waals surface area contributed by atoms with Gasteiger partial charge in [0.05, 0.1) is 21.9 Å². The first kappa shape index (κ1) is 12.0. The normalized spacial score (nSPS) is 10.3. The number of hydrogen-bond donors (Lipinski definition) is 1. The van der Waals surface area contributed by atoms with Crippen molar-refractivity contribution in [1.82, 2.24) is 4.98 Å². The third-order valence-corrected chi connectivity index (χ3v) is 2.83. The van der Waals surface area contributed by atoms with E-state index in [2.05, 4.69) is 10.3 Å². The molecule has 0 unspecified atom stereocenters. The zero-order valence-corrected chi connectivity index (χ0v) is 10.3. The average molecular weight is 271 g/mol. The highest BCUT2D eigenvalue weighted by Gasteiger charge is 2.14. The summed E-state index contributed by atoms with van der Waals surface area (Å²) in [6.45, 7) is 1.70. The number of nitrogens with one attached hydrogen (secondary N) is 1. The molecule has 1 heterocycles. The van der Waals surface area contributed by atoms with Crippen LogP contribution >= 0.6 is 23.2 Å². The maximum atomic E-state index is 11.7. The van der Waals surface area contributed by atoms with Crippen LogP contribution in [-0.4, -0.2) is 10.9 Å². The van der Waals surface area contributed by atoms with Gasteiger partial charge in [-0.15, -0.1) is 0 Å². The minimum absolute atomic E-state index is 0.0152. The Bertz CT molecular complexity index is 566. The molecule has 0 aliphatic rings. The van der Waals surface area contributed by atoms with Crippen LogP contribution in [0.15, 0.2) is 28.8 Å². The Kier molecular flexibility index (Phi) is 3.36. The molecule has 1 aromatic carbocycles. The topological polar surface area (TPSA) is 55.1 Å². The highest BCUT2D eigenvalue weighted by molar-refractivity contribution is 6.44. The van der Waals surface area contributed by atoms with Crippen LogP contribution in [0.3, 0.4) is 0 Å². The molecule has 0 saturated carbocycles. The van der Waals surface area contributed by atoms with E-state index in [0.717, 1.165) is 0 Å². The first-order valence-electron chi connectivity index (χ1n) is 4.75. The molecular formula is C11H8Cl2N2O2. The van der Waals surface area contributed by atoms with Crippen LogP contribution in [0.2, 0.25) is 10.0 Å².